The highest BCUT2D eigenvalue weighted by atomic mass is 16.5. The molecule has 0 aliphatic heterocycles. The monoisotopic (exact) mass is 227 g/mol. The molecule has 4 heteroatoms. The first-order valence-electron chi connectivity index (χ1n) is 5.12. The van der Waals surface area contributed by atoms with Gasteiger partial charge in [-0.1, -0.05) is 17.3 Å². The Morgan fingerprint density at radius 1 is 1.00 bits per heavy atom. The summed E-state index contributed by atoms with van der Waals surface area (Å²) in [5.74, 6) is 0.267. The minimum atomic E-state index is 0.131. The van der Waals surface area contributed by atoms with Crippen molar-refractivity contribution in [2.24, 2.45) is 0 Å². The number of hydrogen-bond acceptors (Lipinski definition) is 4. The number of fused-ring (bicyclic) bond motifs is 1. The van der Waals surface area contributed by atoms with Crippen molar-refractivity contribution in [3.05, 3.63) is 42.5 Å². The smallest absolute Gasteiger partial charge is 0.167 e. The Bertz CT molecular complexity index is 688. The van der Waals surface area contributed by atoms with Crippen LogP contribution in [-0.2, 0) is 0 Å². The van der Waals surface area contributed by atoms with Gasteiger partial charge in [-0.2, -0.15) is 0 Å². The fourth-order valence-electron chi connectivity index (χ4n) is 1.79. The summed E-state index contributed by atoms with van der Waals surface area (Å²) in [6.07, 6.45) is 0. The first-order chi connectivity index (χ1) is 8.25. The van der Waals surface area contributed by atoms with Crippen LogP contribution in [0.2, 0.25) is 0 Å². The van der Waals surface area contributed by atoms with Crippen molar-refractivity contribution >= 4 is 11.0 Å². The summed E-state index contributed by atoms with van der Waals surface area (Å²) in [5.41, 5.74) is 1.67. The van der Waals surface area contributed by atoms with E-state index in [1.54, 1.807) is 36.4 Å². The normalized spacial score (nSPS) is 10.8. The van der Waals surface area contributed by atoms with Gasteiger partial charge in [-0.05, 0) is 30.3 Å². The molecular formula is C13H9NO3. The van der Waals surface area contributed by atoms with Crippen molar-refractivity contribution in [3.63, 3.8) is 0 Å². The van der Waals surface area contributed by atoms with Gasteiger partial charge in [0.1, 0.15) is 17.2 Å². The minimum Gasteiger partial charge on any atom is -0.508 e. The lowest BCUT2D eigenvalue weighted by atomic mass is 10.1. The van der Waals surface area contributed by atoms with Gasteiger partial charge in [0, 0.05) is 5.56 Å². The predicted octanol–water partition coefficient (Wildman–Crippen LogP) is 2.91. The molecule has 2 aromatic carbocycles. The summed E-state index contributed by atoms with van der Waals surface area (Å²) < 4.78 is 5.14. The molecule has 3 aromatic rings. The van der Waals surface area contributed by atoms with Crippen LogP contribution < -0.4 is 0 Å². The van der Waals surface area contributed by atoms with E-state index in [4.69, 9.17) is 4.52 Å². The minimum absolute atomic E-state index is 0.131. The van der Waals surface area contributed by atoms with Crippen LogP contribution in [0.15, 0.2) is 47.0 Å². The lowest BCUT2D eigenvalue weighted by Gasteiger charge is -2.00. The second kappa shape index (κ2) is 3.52. The standard InChI is InChI=1S/C13H9NO3/c15-8-5-6-12-10(7-8)13(14-17-12)9-3-1-2-4-11(9)16/h1-7,15-16H. The molecule has 0 amide bonds. The summed E-state index contributed by atoms with van der Waals surface area (Å²) in [6.45, 7) is 0. The first kappa shape index (κ1) is 9.72. The molecule has 1 aromatic heterocycles. The van der Waals surface area contributed by atoms with Gasteiger partial charge in [-0.15, -0.1) is 0 Å². The highest BCUT2D eigenvalue weighted by molar-refractivity contribution is 5.93. The van der Waals surface area contributed by atoms with E-state index >= 15 is 0 Å². The molecule has 0 aliphatic carbocycles. The van der Waals surface area contributed by atoms with E-state index in [-0.39, 0.29) is 11.5 Å². The SMILES string of the molecule is Oc1ccc2onc(-c3ccccc3O)c2c1. The van der Waals surface area contributed by atoms with Gasteiger partial charge >= 0.3 is 0 Å². The molecule has 0 fully saturated rings. The number of aromatic hydroxyl groups is 2. The van der Waals surface area contributed by atoms with Crippen LogP contribution in [0.3, 0.4) is 0 Å². The highest BCUT2D eigenvalue weighted by Gasteiger charge is 2.13. The van der Waals surface area contributed by atoms with Crippen molar-refractivity contribution in [2.45, 2.75) is 0 Å². The average Bonchev–Trinajstić information content (AvgIpc) is 2.72. The van der Waals surface area contributed by atoms with Crippen molar-refractivity contribution in [2.75, 3.05) is 0 Å². The van der Waals surface area contributed by atoms with E-state index in [1.165, 1.54) is 6.07 Å². The maximum atomic E-state index is 9.77. The van der Waals surface area contributed by atoms with E-state index in [0.29, 0.717) is 22.2 Å². The van der Waals surface area contributed by atoms with Crippen LogP contribution in [-0.4, -0.2) is 15.4 Å². The maximum absolute atomic E-state index is 9.77. The second-order valence-corrected chi connectivity index (χ2v) is 3.73. The predicted molar refractivity (Wildman–Crippen MR) is 62.8 cm³/mol. The van der Waals surface area contributed by atoms with E-state index in [9.17, 15) is 10.2 Å². The van der Waals surface area contributed by atoms with E-state index in [1.807, 2.05) is 0 Å². The molecule has 0 unspecified atom stereocenters. The second-order valence-electron chi connectivity index (χ2n) is 3.73. The number of phenolic OH excluding ortho intramolecular Hbond substituents is 2. The zero-order valence-corrected chi connectivity index (χ0v) is 8.79. The lowest BCUT2D eigenvalue weighted by molar-refractivity contribution is 0.454. The van der Waals surface area contributed by atoms with Gasteiger partial charge in [0.15, 0.2) is 5.58 Å². The van der Waals surface area contributed by atoms with Crippen LogP contribution in [0.25, 0.3) is 22.2 Å². The molecule has 84 valence electrons. The van der Waals surface area contributed by atoms with Crippen molar-refractivity contribution in [1.29, 1.82) is 0 Å². The Labute approximate surface area is 96.7 Å². The number of rotatable bonds is 1. The van der Waals surface area contributed by atoms with Crippen LogP contribution in [0.4, 0.5) is 0 Å². The van der Waals surface area contributed by atoms with Gasteiger partial charge in [0.25, 0.3) is 0 Å². The van der Waals surface area contributed by atoms with Crippen molar-refractivity contribution in [3.8, 4) is 22.8 Å². The Hall–Kier alpha value is -2.49. The fraction of sp³-hybridized carbons (Fsp3) is 0. The highest BCUT2D eigenvalue weighted by Crippen LogP contribution is 2.34. The van der Waals surface area contributed by atoms with Crippen LogP contribution >= 0.6 is 0 Å². The van der Waals surface area contributed by atoms with Gasteiger partial charge in [-0.25, -0.2) is 0 Å². The summed E-state index contributed by atoms with van der Waals surface area (Å²) in [5, 5.41) is 23.8. The number of para-hydroxylation sites is 1. The van der Waals surface area contributed by atoms with Gasteiger partial charge < -0.3 is 14.7 Å². The summed E-state index contributed by atoms with van der Waals surface area (Å²) in [4.78, 5) is 0. The Kier molecular flexibility index (Phi) is 2.01. The van der Waals surface area contributed by atoms with Crippen LogP contribution in [0.1, 0.15) is 0 Å². The third-order valence-electron chi connectivity index (χ3n) is 2.61. The quantitative estimate of drug-likeness (QED) is 0.670. The van der Waals surface area contributed by atoms with Crippen LogP contribution in [0, 0.1) is 0 Å². The molecule has 0 radical (unpaired) electrons. The Morgan fingerprint density at radius 2 is 1.82 bits per heavy atom. The first-order valence-corrected chi connectivity index (χ1v) is 5.12. The molecular weight excluding hydrogens is 218 g/mol. The lowest BCUT2D eigenvalue weighted by Crippen LogP contribution is -1.79. The summed E-state index contributed by atoms with van der Waals surface area (Å²) in [7, 11) is 0. The van der Waals surface area contributed by atoms with E-state index < -0.39 is 0 Å². The molecule has 0 spiro atoms. The van der Waals surface area contributed by atoms with Gasteiger partial charge in [0.2, 0.25) is 0 Å². The molecule has 0 saturated carbocycles. The maximum Gasteiger partial charge on any atom is 0.167 e. The molecule has 0 bridgehead atoms. The van der Waals surface area contributed by atoms with Crippen molar-refractivity contribution in [1.82, 2.24) is 5.16 Å². The zero-order valence-electron chi connectivity index (χ0n) is 8.79. The van der Waals surface area contributed by atoms with Crippen molar-refractivity contribution < 1.29 is 14.7 Å². The van der Waals surface area contributed by atoms with Gasteiger partial charge in [0.05, 0.1) is 5.39 Å². The third kappa shape index (κ3) is 1.50. The number of hydrogen-bond donors (Lipinski definition) is 2. The number of phenols is 2. The Morgan fingerprint density at radius 3 is 2.65 bits per heavy atom. The van der Waals surface area contributed by atoms with E-state index in [0.717, 1.165) is 0 Å². The van der Waals surface area contributed by atoms with Gasteiger partial charge in [-0.3, -0.25) is 0 Å². The fourth-order valence-corrected chi connectivity index (χ4v) is 1.79. The molecule has 0 atom stereocenters. The molecule has 0 saturated heterocycles. The molecule has 4 nitrogen and oxygen atoms in total. The molecule has 1 heterocycles. The van der Waals surface area contributed by atoms with Crippen LogP contribution in [0.5, 0.6) is 11.5 Å². The average molecular weight is 227 g/mol. The molecule has 17 heavy (non-hydrogen) atoms. The van der Waals surface area contributed by atoms with E-state index in [2.05, 4.69) is 5.16 Å². The molecule has 2 N–H and O–H groups in total. The summed E-state index contributed by atoms with van der Waals surface area (Å²) >= 11 is 0. The Balaban J connectivity index is 2.31. The molecule has 0 aliphatic rings. The topological polar surface area (TPSA) is 66.5 Å². The largest absolute Gasteiger partial charge is 0.508 e. The molecule has 3 rings (SSSR count). The third-order valence-corrected chi connectivity index (χ3v) is 2.61. The summed E-state index contributed by atoms with van der Waals surface area (Å²) in [6, 6.07) is 11.6. The number of aromatic nitrogens is 1. The number of benzene rings is 2. The number of nitrogens with zero attached hydrogens (tertiary/aromatic N) is 1. The zero-order chi connectivity index (χ0) is 11.8.